The number of allylic oxidation sites excluding steroid dienone is 2. The number of nitrogens with zero attached hydrogens (tertiary/aromatic N) is 2. The van der Waals surface area contributed by atoms with Gasteiger partial charge in [0.15, 0.2) is 0 Å². The number of aryl methyl sites for hydroxylation is 2. The number of alkyl halides is 1. The van der Waals surface area contributed by atoms with Crippen molar-refractivity contribution in [2.45, 2.75) is 56.6 Å². The lowest BCUT2D eigenvalue weighted by molar-refractivity contribution is -0.126. The average Bonchev–Trinajstić information content (AvgIpc) is 3.56. The number of anilines is 1. The highest BCUT2D eigenvalue weighted by atomic mass is 127. The van der Waals surface area contributed by atoms with Crippen molar-refractivity contribution in [3.8, 4) is 0 Å². The second kappa shape index (κ2) is 16.1. The molecule has 0 spiro atoms. The average molecular weight is 729 g/mol. The lowest BCUT2D eigenvalue weighted by Crippen LogP contribution is -2.37. The summed E-state index contributed by atoms with van der Waals surface area (Å²) in [5.41, 5.74) is 5.33. The van der Waals surface area contributed by atoms with Gasteiger partial charge in [-0.1, -0.05) is 46.9 Å². The molecule has 0 saturated heterocycles. The van der Waals surface area contributed by atoms with Gasteiger partial charge < -0.3 is 24.2 Å². The molecular formula is C33H34BF3IN4O3. The molecule has 0 aliphatic carbocycles. The number of hydrogen-bond acceptors (Lipinski definition) is 4. The number of carbonyl (C=O) groups is 2. The molecule has 4 rings (SSSR count). The zero-order valence-corrected chi connectivity index (χ0v) is 27.5. The minimum atomic E-state index is -1.09. The molecule has 2 aromatic carbocycles. The third-order valence-corrected chi connectivity index (χ3v) is 8.15. The van der Waals surface area contributed by atoms with Crippen LogP contribution in [0.4, 0.5) is 18.8 Å². The van der Waals surface area contributed by atoms with Crippen molar-refractivity contribution < 1.29 is 27.4 Å². The predicted molar refractivity (Wildman–Crippen MR) is 180 cm³/mol. The lowest BCUT2D eigenvalue weighted by atomic mass is 10.0. The number of benzene rings is 2. The SMILES string of the molecule is COCc1ccc(C(NC(=O)CCCCC2=N/C(=C\c3c(C)cc(C)n3[B]F)C=C2)C(=O)Nc2cc(F)c(CI)c(F)c2)cc1. The Morgan fingerprint density at radius 3 is 2.44 bits per heavy atom. The van der Waals surface area contributed by atoms with Crippen molar-refractivity contribution in [2.75, 3.05) is 12.4 Å². The molecule has 0 fully saturated rings. The molecule has 0 saturated carbocycles. The van der Waals surface area contributed by atoms with E-state index in [0.717, 1.165) is 46.1 Å². The summed E-state index contributed by atoms with van der Waals surface area (Å²) in [6.45, 7) is 4.13. The molecule has 1 unspecified atom stereocenters. The van der Waals surface area contributed by atoms with Crippen LogP contribution in [-0.4, -0.2) is 36.8 Å². The van der Waals surface area contributed by atoms with Gasteiger partial charge in [0, 0.05) is 46.3 Å². The number of amides is 2. The Morgan fingerprint density at radius 2 is 1.80 bits per heavy atom. The van der Waals surface area contributed by atoms with E-state index in [2.05, 4.69) is 15.6 Å². The number of nitrogens with one attached hydrogen (secondary N) is 2. The van der Waals surface area contributed by atoms with Gasteiger partial charge in [-0.05, 0) is 86.2 Å². The highest BCUT2D eigenvalue weighted by Gasteiger charge is 2.24. The molecule has 1 aliphatic heterocycles. The van der Waals surface area contributed by atoms with Crippen molar-refractivity contribution in [3.63, 3.8) is 0 Å². The Morgan fingerprint density at radius 1 is 1.09 bits per heavy atom. The third-order valence-electron chi connectivity index (χ3n) is 7.39. The van der Waals surface area contributed by atoms with Crippen LogP contribution in [0, 0.1) is 25.5 Å². The molecule has 235 valence electrons. The minimum absolute atomic E-state index is 0.0426. The molecule has 3 aromatic rings. The van der Waals surface area contributed by atoms with Crippen LogP contribution in [0.5, 0.6) is 0 Å². The molecule has 0 bridgehead atoms. The number of methoxy groups -OCH3 is 1. The van der Waals surface area contributed by atoms with E-state index >= 15 is 0 Å². The van der Waals surface area contributed by atoms with Crippen LogP contribution in [0.1, 0.15) is 65.4 Å². The second-order valence-electron chi connectivity index (χ2n) is 10.8. The molecule has 1 aromatic heterocycles. The van der Waals surface area contributed by atoms with Crippen molar-refractivity contribution in [1.82, 2.24) is 9.79 Å². The summed E-state index contributed by atoms with van der Waals surface area (Å²) in [6, 6.07) is 9.94. The Hall–Kier alpha value is -3.65. The zero-order chi connectivity index (χ0) is 32.5. The Bertz CT molecular complexity index is 1610. The monoisotopic (exact) mass is 729 g/mol. The number of halogens is 4. The second-order valence-corrected chi connectivity index (χ2v) is 11.5. The number of rotatable bonds is 14. The fraction of sp³-hybridized carbons (Fsp3) is 0.303. The fourth-order valence-electron chi connectivity index (χ4n) is 5.05. The van der Waals surface area contributed by atoms with E-state index in [1.165, 1.54) is 4.48 Å². The Kier molecular flexibility index (Phi) is 12.2. The fourth-order valence-corrected chi connectivity index (χ4v) is 5.78. The van der Waals surface area contributed by atoms with Gasteiger partial charge in [-0.2, -0.15) is 0 Å². The van der Waals surface area contributed by atoms with Crippen LogP contribution in [0.3, 0.4) is 0 Å². The standard InChI is InChI=1S/C33H34BF3IN4O3/c1-20-14-21(2)42(34-37)30(20)17-25-13-12-24(39-25)6-4-5-7-31(43)41-32(23-10-8-22(9-11-23)19-45-3)33(44)40-26-15-28(35)27(18-38)29(36)16-26/h8-17,32H,4-7,18-19H2,1-3H3,(H,40,44)(H,41,43)/b25-17-. The van der Waals surface area contributed by atoms with Crippen LogP contribution in [0.25, 0.3) is 6.08 Å². The molecule has 2 N–H and O–H groups in total. The van der Waals surface area contributed by atoms with Gasteiger partial charge in [0.2, 0.25) is 5.91 Å². The highest BCUT2D eigenvalue weighted by Crippen LogP contribution is 2.24. The smallest absolute Gasteiger partial charge is 0.380 e. The summed E-state index contributed by atoms with van der Waals surface area (Å²) < 4.78 is 48.8. The normalized spacial score (nSPS) is 14.0. The van der Waals surface area contributed by atoms with Gasteiger partial charge in [-0.25, -0.2) is 8.78 Å². The molecule has 1 atom stereocenters. The quantitative estimate of drug-likeness (QED) is 0.0796. The van der Waals surface area contributed by atoms with Crippen LogP contribution in [0.15, 0.2) is 65.3 Å². The Labute approximate surface area is 275 Å². The molecular weight excluding hydrogens is 695 g/mol. The minimum Gasteiger partial charge on any atom is -0.380 e. The van der Waals surface area contributed by atoms with Crippen LogP contribution < -0.4 is 10.6 Å². The molecule has 7 nitrogen and oxygen atoms in total. The number of ether oxygens (including phenoxy) is 1. The topological polar surface area (TPSA) is 84.7 Å². The number of aliphatic imine (C=N–C) groups is 1. The first-order valence-corrected chi connectivity index (χ1v) is 16.0. The first kappa shape index (κ1) is 34.2. The molecule has 12 heteroatoms. The van der Waals surface area contributed by atoms with Crippen LogP contribution in [0.2, 0.25) is 0 Å². The molecule has 1 aliphatic rings. The van der Waals surface area contributed by atoms with Crippen LogP contribution >= 0.6 is 22.6 Å². The van der Waals surface area contributed by atoms with Gasteiger partial charge in [0.25, 0.3) is 5.91 Å². The van der Waals surface area contributed by atoms with Crippen LogP contribution in [-0.2, 0) is 25.4 Å². The summed E-state index contributed by atoms with van der Waals surface area (Å²) in [7, 11) is 2.11. The maximum absolute atomic E-state index is 14.4. The number of aromatic nitrogens is 1. The van der Waals surface area contributed by atoms with Crippen molar-refractivity contribution in [1.29, 1.82) is 0 Å². The largest absolute Gasteiger partial charge is 0.495 e. The predicted octanol–water partition coefficient (Wildman–Crippen LogP) is 7.22. The zero-order valence-electron chi connectivity index (χ0n) is 25.3. The number of unbranched alkanes of at least 4 members (excludes halogenated alkanes) is 1. The van der Waals surface area contributed by atoms with E-state index in [0.29, 0.717) is 39.1 Å². The molecule has 45 heavy (non-hydrogen) atoms. The third kappa shape index (κ3) is 8.97. The van der Waals surface area contributed by atoms with E-state index in [4.69, 9.17) is 4.74 Å². The lowest BCUT2D eigenvalue weighted by Gasteiger charge is -2.20. The highest BCUT2D eigenvalue weighted by molar-refractivity contribution is 14.1. The molecule has 2 heterocycles. The van der Waals surface area contributed by atoms with E-state index in [1.54, 1.807) is 31.4 Å². The van der Waals surface area contributed by atoms with Gasteiger partial charge in [0.1, 0.15) is 17.7 Å². The van der Waals surface area contributed by atoms with Gasteiger partial charge in [0.05, 0.1) is 12.3 Å². The van der Waals surface area contributed by atoms with Crippen molar-refractivity contribution in [2.24, 2.45) is 4.99 Å². The number of hydrogen-bond donors (Lipinski definition) is 2. The number of carbonyl (C=O) groups excluding carboxylic acids is 2. The van der Waals surface area contributed by atoms with Gasteiger partial charge in [-0.15, -0.1) is 0 Å². The summed E-state index contributed by atoms with van der Waals surface area (Å²) in [5.74, 6) is -2.49. The van der Waals surface area contributed by atoms with Gasteiger partial charge in [-0.3, -0.25) is 14.6 Å². The maximum Gasteiger partial charge on any atom is 0.495 e. The Balaban J connectivity index is 1.37. The summed E-state index contributed by atoms with van der Waals surface area (Å²) in [4.78, 5) is 30.9. The van der Waals surface area contributed by atoms with Crippen molar-refractivity contribution >= 4 is 59.6 Å². The summed E-state index contributed by atoms with van der Waals surface area (Å²) >= 11 is 1.87. The van der Waals surface area contributed by atoms with E-state index in [-0.39, 0.29) is 28.0 Å². The van der Waals surface area contributed by atoms with E-state index < -0.39 is 23.6 Å². The first-order chi connectivity index (χ1) is 21.6. The molecule has 2 amide bonds. The summed E-state index contributed by atoms with van der Waals surface area (Å²) in [6.07, 6.45) is 7.66. The maximum atomic E-state index is 14.4. The van der Waals surface area contributed by atoms with E-state index in [9.17, 15) is 22.7 Å². The first-order valence-electron chi connectivity index (χ1n) is 14.4. The van der Waals surface area contributed by atoms with E-state index in [1.807, 2.05) is 60.7 Å². The van der Waals surface area contributed by atoms with Gasteiger partial charge >= 0.3 is 7.69 Å². The molecule has 1 radical (unpaired) electrons. The van der Waals surface area contributed by atoms with Crippen molar-refractivity contribution in [3.05, 3.63) is 106 Å². The summed E-state index contributed by atoms with van der Waals surface area (Å²) in [5, 5.41) is 5.32.